The van der Waals surface area contributed by atoms with Gasteiger partial charge in [-0.25, -0.2) is 0 Å². The molecule has 2 N–H and O–H groups in total. The molecule has 0 fully saturated rings. The summed E-state index contributed by atoms with van der Waals surface area (Å²) in [6, 6.07) is 10.1. The Hall–Kier alpha value is -2.40. The Bertz CT molecular complexity index is 760. The van der Waals surface area contributed by atoms with E-state index in [1.807, 2.05) is 12.1 Å². The molecule has 0 amide bonds. The number of fused-ring (bicyclic) bond motifs is 1. The number of rotatable bonds is 5. The quantitative estimate of drug-likeness (QED) is 0.868. The molecule has 134 valence electrons. The third-order valence-corrected chi connectivity index (χ3v) is 5.09. The van der Waals surface area contributed by atoms with Gasteiger partial charge in [-0.05, 0) is 35.4 Å². The predicted molar refractivity (Wildman–Crippen MR) is 96.1 cm³/mol. The lowest BCUT2D eigenvalue weighted by molar-refractivity contribution is -0.914. The molecule has 5 heteroatoms. The molecule has 1 unspecified atom stereocenters. The van der Waals surface area contributed by atoms with Gasteiger partial charge in [-0.15, -0.1) is 0 Å². The Balaban J connectivity index is 1.96. The van der Waals surface area contributed by atoms with E-state index in [2.05, 4.69) is 19.2 Å². The van der Waals surface area contributed by atoms with Crippen molar-refractivity contribution in [1.29, 1.82) is 0 Å². The zero-order valence-electron chi connectivity index (χ0n) is 15.3. The first kappa shape index (κ1) is 17.4. The zero-order chi connectivity index (χ0) is 18.0. The second-order valence-electron chi connectivity index (χ2n) is 6.52. The summed E-state index contributed by atoms with van der Waals surface area (Å²) in [4.78, 5) is 1.45. The van der Waals surface area contributed by atoms with E-state index in [1.165, 1.54) is 16.0 Å². The lowest BCUT2D eigenvalue weighted by Crippen LogP contribution is -3.10. The molecule has 0 bridgehead atoms. The Morgan fingerprint density at radius 1 is 1.00 bits per heavy atom. The van der Waals surface area contributed by atoms with Crippen LogP contribution in [0.4, 0.5) is 0 Å². The average Bonchev–Trinajstić information content (AvgIpc) is 2.63. The molecule has 0 saturated heterocycles. The van der Waals surface area contributed by atoms with Crippen molar-refractivity contribution in [3.05, 3.63) is 47.0 Å². The van der Waals surface area contributed by atoms with Crippen molar-refractivity contribution in [3.8, 4) is 23.0 Å². The van der Waals surface area contributed by atoms with Gasteiger partial charge in [0, 0.05) is 18.4 Å². The first-order valence-electron chi connectivity index (χ1n) is 8.50. The molecule has 2 aromatic rings. The third-order valence-electron chi connectivity index (χ3n) is 5.09. The number of methoxy groups -OCH3 is 3. The Morgan fingerprint density at radius 3 is 2.32 bits per heavy atom. The fourth-order valence-corrected chi connectivity index (χ4v) is 3.63. The van der Waals surface area contributed by atoms with E-state index >= 15 is 0 Å². The fraction of sp³-hybridized carbons (Fsp3) is 0.400. The molecule has 1 aliphatic heterocycles. The van der Waals surface area contributed by atoms with Gasteiger partial charge in [0.2, 0.25) is 0 Å². The molecule has 2 aromatic carbocycles. The Labute approximate surface area is 148 Å². The van der Waals surface area contributed by atoms with E-state index < -0.39 is 0 Å². The molecule has 1 aliphatic rings. The third kappa shape index (κ3) is 3.37. The molecule has 0 saturated carbocycles. The van der Waals surface area contributed by atoms with Crippen molar-refractivity contribution in [2.75, 3.05) is 34.9 Å². The van der Waals surface area contributed by atoms with Gasteiger partial charge in [0.25, 0.3) is 0 Å². The van der Waals surface area contributed by atoms with Gasteiger partial charge in [0.05, 0.1) is 34.9 Å². The highest BCUT2D eigenvalue weighted by molar-refractivity contribution is 5.49. The summed E-state index contributed by atoms with van der Waals surface area (Å²) in [6.45, 7) is 1.06. The zero-order valence-corrected chi connectivity index (χ0v) is 15.3. The van der Waals surface area contributed by atoms with Crippen LogP contribution in [-0.4, -0.2) is 40.0 Å². The van der Waals surface area contributed by atoms with Crippen molar-refractivity contribution in [3.63, 3.8) is 0 Å². The summed E-state index contributed by atoms with van der Waals surface area (Å²) in [5.74, 6) is 2.22. The minimum Gasteiger partial charge on any atom is -0.504 e. The topological polar surface area (TPSA) is 52.4 Å². The van der Waals surface area contributed by atoms with E-state index in [4.69, 9.17) is 14.2 Å². The smallest absolute Gasteiger partial charge is 0.161 e. The number of phenols is 1. The lowest BCUT2D eigenvalue weighted by Gasteiger charge is -2.32. The monoisotopic (exact) mass is 344 g/mol. The number of phenolic OH excluding ortho intramolecular Hbond substituents is 1. The highest BCUT2D eigenvalue weighted by Crippen LogP contribution is 2.35. The van der Waals surface area contributed by atoms with Crippen molar-refractivity contribution >= 4 is 0 Å². The van der Waals surface area contributed by atoms with Crippen LogP contribution in [0.2, 0.25) is 0 Å². The number of benzene rings is 2. The van der Waals surface area contributed by atoms with Crippen LogP contribution in [0.1, 0.15) is 22.7 Å². The maximum Gasteiger partial charge on any atom is 0.161 e. The largest absolute Gasteiger partial charge is 0.504 e. The second-order valence-corrected chi connectivity index (χ2v) is 6.52. The fourth-order valence-electron chi connectivity index (χ4n) is 3.63. The highest BCUT2D eigenvalue weighted by atomic mass is 16.5. The number of likely N-dealkylation sites (N-methyl/N-ethyl adjacent to an activating group) is 1. The number of quaternary nitrogens is 1. The van der Waals surface area contributed by atoms with Crippen LogP contribution in [-0.2, 0) is 12.8 Å². The summed E-state index contributed by atoms with van der Waals surface area (Å²) in [6.07, 6.45) is 1.86. The number of hydrogen-bond donors (Lipinski definition) is 2. The van der Waals surface area contributed by atoms with Crippen LogP contribution in [0.25, 0.3) is 0 Å². The van der Waals surface area contributed by atoms with E-state index in [1.54, 1.807) is 27.4 Å². The number of hydrogen-bond acceptors (Lipinski definition) is 4. The Kier molecular flexibility index (Phi) is 5.04. The molecular formula is C20H26NO4+. The second kappa shape index (κ2) is 7.23. The standard InChI is InChI=1S/C20H25NO4/c1-21-8-7-14-11-19(24-3)20(25-4)12-15(14)16(21)9-13-5-6-18(23-2)17(22)10-13/h5-6,10-12,16,22H,7-9H2,1-4H3/p+1/t16-/m0/s1. The van der Waals surface area contributed by atoms with Gasteiger partial charge < -0.3 is 24.2 Å². The lowest BCUT2D eigenvalue weighted by atomic mass is 9.88. The van der Waals surface area contributed by atoms with Gasteiger partial charge in [0.1, 0.15) is 6.04 Å². The van der Waals surface area contributed by atoms with Gasteiger partial charge >= 0.3 is 0 Å². The van der Waals surface area contributed by atoms with Crippen LogP contribution in [0.15, 0.2) is 30.3 Å². The van der Waals surface area contributed by atoms with Crippen molar-refractivity contribution in [2.45, 2.75) is 18.9 Å². The molecule has 0 aromatic heterocycles. The SMILES string of the molecule is COc1ccc(C[C@H]2c3cc(OC)c(OC)cc3CC[NH+]2C)cc1O. The molecule has 2 atom stereocenters. The number of nitrogens with one attached hydrogen (secondary N) is 1. The number of ether oxygens (including phenoxy) is 3. The van der Waals surface area contributed by atoms with Crippen LogP contribution in [0.3, 0.4) is 0 Å². The molecule has 3 rings (SSSR count). The molecule has 0 spiro atoms. The van der Waals surface area contributed by atoms with Gasteiger partial charge in [-0.1, -0.05) is 6.07 Å². The van der Waals surface area contributed by atoms with E-state index in [-0.39, 0.29) is 5.75 Å². The average molecular weight is 344 g/mol. The summed E-state index contributed by atoms with van der Waals surface area (Å²) in [5, 5.41) is 10.1. The summed E-state index contributed by atoms with van der Waals surface area (Å²) in [5.41, 5.74) is 3.69. The van der Waals surface area contributed by atoms with Gasteiger partial charge in [0.15, 0.2) is 23.0 Å². The normalized spacial score (nSPS) is 19.2. The minimum atomic E-state index is 0.181. The molecule has 1 heterocycles. The molecule has 0 aliphatic carbocycles. The van der Waals surface area contributed by atoms with Crippen molar-refractivity contribution < 1.29 is 24.2 Å². The van der Waals surface area contributed by atoms with Crippen LogP contribution in [0.5, 0.6) is 23.0 Å². The van der Waals surface area contributed by atoms with Crippen LogP contribution in [0, 0.1) is 0 Å². The van der Waals surface area contributed by atoms with E-state index in [0.29, 0.717) is 11.8 Å². The first-order chi connectivity index (χ1) is 12.1. The summed E-state index contributed by atoms with van der Waals surface area (Å²) >= 11 is 0. The number of aromatic hydroxyl groups is 1. The predicted octanol–water partition coefficient (Wildman–Crippen LogP) is 1.77. The molecule has 25 heavy (non-hydrogen) atoms. The van der Waals surface area contributed by atoms with Crippen LogP contribution < -0.4 is 19.1 Å². The minimum absolute atomic E-state index is 0.181. The van der Waals surface area contributed by atoms with E-state index in [0.717, 1.165) is 36.4 Å². The van der Waals surface area contributed by atoms with Gasteiger partial charge in [-0.3, -0.25) is 0 Å². The molecule has 0 radical (unpaired) electrons. The summed E-state index contributed by atoms with van der Waals surface area (Å²) in [7, 11) is 7.11. The van der Waals surface area contributed by atoms with Gasteiger partial charge in [-0.2, -0.15) is 0 Å². The summed E-state index contributed by atoms with van der Waals surface area (Å²) < 4.78 is 16.1. The highest BCUT2D eigenvalue weighted by Gasteiger charge is 2.30. The van der Waals surface area contributed by atoms with Crippen LogP contribution >= 0.6 is 0 Å². The molecule has 5 nitrogen and oxygen atoms in total. The first-order valence-corrected chi connectivity index (χ1v) is 8.50. The molecular weight excluding hydrogens is 318 g/mol. The van der Waals surface area contributed by atoms with Crippen molar-refractivity contribution in [1.82, 2.24) is 0 Å². The Morgan fingerprint density at radius 2 is 1.68 bits per heavy atom. The maximum atomic E-state index is 10.1. The van der Waals surface area contributed by atoms with Crippen molar-refractivity contribution in [2.24, 2.45) is 0 Å². The maximum absolute atomic E-state index is 10.1. The van der Waals surface area contributed by atoms with E-state index in [9.17, 15) is 5.11 Å².